The summed E-state index contributed by atoms with van der Waals surface area (Å²) in [6.07, 6.45) is 8.14. The van der Waals surface area contributed by atoms with Gasteiger partial charge in [0.2, 0.25) is 0 Å². The van der Waals surface area contributed by atoms with E-state index in [4.69, 9.17) is 4.74 Å². The Morgan fingerprint density at radius 2 is 2.16 bits per heavy atom. The lowest BCUT2D eigenvalue weighted by Crippen LogP contribution is -2.30. The third-order valence-electron chi connectivity index (χ3n) is 6.71. The van der Waals surface area contributed by atoms with Crippen LogP contribution in [0.25, 0.3) is 0 Å². The molecule has 2 heteroatoms. The smallest absolute Gasteiger partial charge is 0.309 e. The third-order valence-corrected chi connectivity index (χ3v) is 6.71. The minimum Gasteiger partial charge on any atom is -0.469 e. The minimum atomic E-state index is -0.0805. The van der Waals surface area contributed by atoms with Crippen molar-refractivity contribution >= 4 is 5.97 Å². The lowest BCUT2D eigenvalue weighted by atomic mass is 9.68. The number of carbonyl (C=O) groups excluding carboxylic acids is 1. The lowest BCUT2D eigenvalue weighted by molar-refractivity contribution is -0.140. The molecule has 2 fully saturated rings. The molecule has 0 aromatic rings. The molecule has 3 rings (SSSR count). The van der Waals surface area contributed by atoms with E-state index in [0.29, 0.717) is 23.2 Å². The van der Waals surface area contributed by atoms with Crippen LogP contribution in [0.4, 0.5) is 0 Å². The maximum atomic E-state index is 11.6. The van der Waals surface area contributed by atoms with Gasteiger partial charge in [0.15, 0.2) is 0 Å². The summed E-state index contributed by atoms with van der Waals surface area (Å²) in [5.74, 6) is 2.19. The van der Waals surface area contributed by atoms with Gasteiger partial charge in [0.1, 0.15) is 0 Å². The molecule has 3 aliphatic rings. The van der Waals surface area contributed by atoms with Gasteiger partial charge in [0, 0.05) is 0 Å². The molecule has 2 saturated carbocycles. The van der Waals surface area contributed by atoms with E-state index in [1.54, 1.807) is 0 Å². The van der Waals surface area contributed by atoms with Crippen molar-refractivity contribution in [2.24, 2.45) is 28.6 Å². The van der Waals surface area contributed by atoms with Gasteiger partial charge >= 0.3 is 5.97 Å². The Bertz CT molecular complexity index is 435. The van der Waals surface area contributed by atoms with Gasteiger partial charge in [-0.1, -0.05) is 32.4 Å². The maximum Gasteiger partial charge on any atom is 0.309 e. The molecular formula is C17H26O2. The lowest BCUT2D eigenvalue weighted by Gasteiger charge is -2.36. The van der Waals surface area contributed by atoms with Crippen LogP contribution in [0.1, 0.15) is 52.9 Å². The highest BCUT2D eigenvalue weighted by molar-refractivity contribution is 5.72. The summed E-state index contributed by atoms with van der Waals surface area (Å²) in [5.41, 5.74) is 2.23. The minimum absolute atomic E-state index is 0.0805. The van der Waals surface area contributed by atoms with Crippen molar-refractivity contribution in [2.75, 3.05) is 7.11 Å². The molecule has 0 aromatic heterocycles. The number of hydrogen-bond acceptors (Lipinski definition) is 2. The van der Waals surface area contributed by atoms with Crippen molar-refractivity contribution in [2.45, 2.75) is 52.9 Å². The van der Waals surface area contributed by atoms with Crippen LogP contribution in [0.5, 0.6) is 0 Å². The van der Waals surface area contributed by atoms with Crippen LogP contribution in [0.2, 0.25) is 0 Å². The van der Waals surface area contributed by atoms with E-state index in [0.717, 1.165) is 11.8 Å². The van der Waals surface area contributed by atoms with E-state index in [1.165, 1.54) is 38.4 Å². The Morgan fingerprint density at radius 1 is 1.42 bits per heavy atom. The number of allylic oxidation sites excluding steroid dienone is 1. The molecule has 2 bridgehead atoms. The Hall–Kier alpha value is -0.790. The van der Waals surface area contributed by atoms with Crippen molar-refractivity contribution in [3.8, 4) is 0 Å². The van der Waals surface area contributed by atoms with Gasteiger partial charge < -0.3 is 4.74 Å². The molecule has 2 nitrogen and oxygen atoms in total. The fourth-order valence-corrected chi connectivity index (χ4v) is 5.61. The number of rotatable bonds is 2. The van der Waals surface area contributed by atoms with Crippen molar-refractivity contribution in [3.63, 3.8) is 0 Å². The van der Waals surface area contributed by atoms with Crippen molar-refractivity contribution in [3.05, 3.63) is 11.6 Å². The van der Waals surface area contributed by atoms with Crippen molar-refractivity contribution in [1.29, 1.82) is 0 Å². The molecule has 0 radical (unpaired) electrons. The number of hydrogen-bond donors (Lipinski definition) is 0. The molecule has 19 heavy (non-hydrogen) atoms. The molecule has 0 saturated heterocycles. The largest absolute Gasteiger partial charge is 0.469 e. The highest BCUT2D eigenvalue weighted by atomic mass is 16.5. The van der Waals surface area contributed by atoms with E-state index >= 15 is 0 Å². The molecular weight excluding hydrogens is 236 g/mol. The van der Waals surface area contributed by atoms with Crippen LogP contribution in [0.15, 0.2) is 11.6 Å². The van der Waals surface area contributed by atoms with E-state index < -0.39 is 0 Å². The van der Waals surface area contributed by atoms with Crippen LogP contribution in [-0.4, -0.2) is 13.1 Å². The van der Waals surface area contributed by atoms with Crippen LogP contribution >= 0.6 is 0 Å². The molecule has 3 aliphatic carbocycles. The Kier molecular flexibility index (Phi) is 2.85. The average Bonchev–Trinajstić information content (AvgIpc) is 2.77. The Morgan fingerprint density at radius 3 is 2.84 bits per heavy atom. The zero-order valence-electron chi connectivity index (χ0n) is 12.7. The zero-order chi connectivity index (χ0) is 13.8. The number of esters is 1. The predicted molar refractivity (Wildman–Crippen MR) is 75.5 cm³/mol. The zero-order valence-corrected chi connectivity index (χ0v) is 12.7. The van der Waals surface area contributed by atoms with E-state index in [1.807, 2.05) is 0 Å². The molecule has 0 heterocycles. The molecule has 0 amide bonds. The standard InChI is InChI=1S/C17H26O2/c1-11-5-6-14-16(2,3)13-10-17(11,14)8-7-12(13)9-15(18)19-4/h7,11,13-14H,5-6,8-10H2,1-4H3/t11-,13+,14+,17+/m1/s1. The second-order valence-corrected chi connectivity index (χ2v) is 7.58. The first-order valence-corrected chi connectivity index (χ1v) is 7.67. The molecule has 4 atom stereocenters. The number of fused-ring (bicyclic) bond motifs is 1. The molecule has 0 N–H and O–H groups in total. The van der Waals surface area contributed by atoms with Crippen molar-refractivity contribution < 1.29 is 9.53 Å². The highest BCUT2D eigenvalue weighted by Crippen LogP contribution is 2.71. The van der Waals surface area contributed by atoms with Gasteiger partial charge in [-0.15, -0.1) is 0 Å². The summed E-state index contributed by atoms with van der Waals surface area (Å²) in [5, 5.41) is 0. The number of carbonyl (C=O) groups is 1. The third kappa shape index (κ3) is 1.64. The Balaban J connectivity index is 1.93. The van der Waals surface area contributed by atoms with E-state index in [9.17, 15) is 4.79 Å². The molecule has 106 valence electrons. The van der Waals surface area contributed by atoms with Gasteiger partial charge in [-0.3, -0.25) is 4.79 Å². The molecule has 0 unspecified atom stereocenters. The molecule has 0 aromatic carbocycles. The van der Waals surface area contributed by atoms with Gasteiger partial charge in [0.25, 0.3) is 0 Å². The SMILES string of the molecule is COC(=O)CC1=CC[C@@]23C[C@@H]1C(C)(C)[C@@H]2CC[C@H]3C. The summed E-state index contributed by atoms with van der Waals surface area (Å²) >= 11 is 0. The molecule has 0 aliphatic heterocycles. The second-order valence-electron chi connectivity index (χ2n) is 7.58. The topological polar surface area (TPSA) is 26.3 Å². The monoisotopic (exact) mass is 262 g/mol. The fraction of sp³-hybridized carbons (Fsp3) is 0.824. The normalized spacial score (nSPS) is 42.7. The summed E-state index contributed by atoms with van der Waals surface area (Å²) in [7, 11) is 1.49. The van der Waals surface area contributed by atoms with Crippen molar-refractivity contribution in [1.82, 2.24) is 0 Å². The van der Waals surface area contributed by atoms with E-state index in [2.05, 4.69) is 26.8 Å². The number of ether oxygens (including phenoxy) is 1. The molecule has 1 spiro atoms. The first-order valence-electron chi connectivity index (χ1n) is 7.67. The number of methoxy groups -OCH3 is 1. The second kappa shape index (κ2) is 4.10. The summed E-state index contributed by atoms with van der Waals surface area (Å²) in [4.78, 5) is 11.6. The first kappa shape index (κ1) is 13.2. The average molecular weight is 262 g/mol. The quantitative estimate of drug-likeness (QED) is 0.556. The van der Waals surface area contributed by atoms with Gasteiger partial charge in [-0.05, 0) is 54.3 Å². The van der Waals surface area contributed by atoms with Crippen LogP contribution in [0, 0.1) is 28.6 Å². The fourth-order valence-electron chi connectivity index (χ4n) is 5.61. The van der Waals surface area contributed by atoms with Crippen LogP contribution < -0.4 is 0 Å². The maximum absolute atomic E-state index is 11.6. The summed E-state index contributed by atoms with van der Waals surface area (Å²) < 4.78 is 4.86. The Labute approximate surface area is 116 Å². The van der Waals surface area contributed by atoms with Crippen LogP contribution in [-0.2, 0) is 9.53 Å². The summed E-state index contributed by atoms with van der Waals surface area (Å²) in [6.45, 7) is 7.30. The predicted octanol–water partition coefficient (Wildman–Crippen LogP) is 3.96. The van der Waals surface area contributed by atoms with E-state index in [-0.39, 0.29) is 5.97 Å². The van der Waals surface area contributed by atoms with Crippen LogP contribution in [0.3, 0.4) is 0 Å². The highest BCUT2D eigenvalue weighted by Gasteiger charge is 2.63. The van der Waals surface area contributed by atoms with Gasteiger partial charge in [0.05, 0.1) is 13.5 Å². The van der Waals surface area contributed by atoms with Gasteiger partial charge in [-0.2, -0.15) is 0 Å². The first-order chi connectivity index (χ1) is 8.91. The van der Waals surface area contributed by atoms with Gasteiger partial charge in [-0.25, -0.2) is 0 Å². The summed E-state index contributed by atoms with van der Waals surface area (Å²) in [6, 6.07) is 0.